The number of phenols is 1. The molecular weight excluding hydrogens is 665 g/mol. The van der Waals surface area contributed by atoms with Crippen LogP contribution in [0.15, 0.2) is 81.8 Å². The molecule has 6 heterocycles. The average Bonchev–Trinajstić information content (AvgIpc) is 3.89. The maximum Gasteiger partial charge on any atom is 0.143 e. The molecule has 0 aliphatic heterocycles. The molecule has 0 radical (unpaired) electrons. The summed E-state index contributed by atoms with van der Waals surface area (Å²) in [5.74, 6) is 2.62. The Morgan fingerprint density at radius 3 is 1.40 bits per heavy atom. The van der Waals surface area contributed by atoms with Gasteiger partial charge in [-0.3, -0.25) is 0 Å². The zero-order valence-corrected chi connectivity index (χ0v) is 32.0. The Hall–Kier alpha value is -6.16. The van der Waals surface area contributed by atoms with Crippen molar-refractivity contribution >= 4 is 21.8 Å². The minimum Gasteiger partial charge on any atom is -0.508 e. The number of H-pyrrole nitrogens is 2. The van der Waals surface area contributed by atoms with Crippen LogP contribution in [0.4, 0.5) is 0 Å². The van der Waals surface area contributed by atoms with E-state index in [1.807, 2.05) is 92.6 Å². The predicted molar refractivity (Wildman–Crippen MR) is 211 cm³/mol. The highest BCUT2D eigenvalue weighted by molar-refractivity contribution is 5.97. The number of aromatic amines is 2. The number of benzene rings is 2. The molecule has 10 heteroatoms. The topological polar surface area (TPSA) is 139 Å². The molecule has 272 valence electrons. The predicted octanol–water partition coefficient (Wildman–Crippen LogP) is 11.1. The molecule has 3 N–H and O–H groups in total. The van der Waals surface area contributed by atoms with Crippen molar-refractivity contribution in [3.05, 3.63) is 107 Å². The van der Waals surface area contributed by atoms with Crippen molar-refractivity contribution in [1.29, 1.82) is 0 Å². The largest absolute Gasteiger partial charge is 0.508 e. The number of nitrogens with one attached hydrogen (secondary N) is 2. The van der Waals surface area contributed by atoms with Crippen LogP contribution in [0.5, 0.6) is 11.5 Å². The Bertz CT molecular complexity index is 2460. The van der Waals surface area contributed by atoms with Crippen LogP contribution in [0.25, 0.3) is 66.8 Å². The van der Waals surface area contributed by atoms with Gasteiger partial charge in [0.15, 0.2) is 0 Å². The summed E-state index contributed by atoms with van der Waals surface area (Å²) in [6.45, 7) is 19.8. The molecule has 8 rings (SSSR count). The molecule has 0 aliphatic carbocycles. The number of rotatable bonds is 6. The molecule has 0 saturated heterocycles. The smallest absolute Gasteiger partial charge is 0.143 e. The van der Waals surface area contributed by atoms with E-state index in [1.54, 1.807) is 12.1 Å². The Kier molecular flexibility index (Phi) is 10.5. The number of phenolic OH excluding ortho intramolecular Hbond substituents is 1. The fourth-order valence-electron chi connectivity index (χ4n) is 6.52. The van der Waals surface area contributed by atoms with E-state index in [9.17, 15) is 5.11 Å². The number of aromatic nitrogens is 6. The van der Waals surface area contributed by atoms with Gasteiger partial charge in [-0.05, 0) is 128 Å². The van der Waals surface area contributed by atoms with Crippen LogP contribution in [0.3, 0.4) is 0 Å². The lowest BCUT2D eigenvalue weighted by Gasteiger charge is -2.11. The molecular formula is C43H46N6O4. The molecule has 2 aromatic carbocycles. The first-order valence-electron chi connectivity index (χ1n) is 17.9. The lowest BCUT2D eigenvalue weighted by atomic mass is 10.0. The third-order valence-corrected chi connectivity index (χ3v) is 8.72. The van der Waals surface area contributed by atoms with Gasteiger partial charge in [0, 0.05) is 44.3 Å². The van der Waals surface area contributed by atoms with Gasteiger partial charge in [0.2, 0.25) is 0 Å². The summed E-state index contributed by atoms with van der Waals surface area (Å²) in [6, 6.07) is 23.5. The molecule has 0 atom stereocenters. The highest BCUT2D eigenvalue weighted by Crippen LogP contribution is 2.36. The number of fused-ring (bicyclic) bond motifs is 2. The fraction of sp³-hybridized carbons (Fsp3) is 0.256. The van der Waals surface area contributed by atoms with Gasteiger partial charge in [0.25, 0.3) is 0 Å². The minimum atomic E-state index is 0.149. The fourth-order valence-corrected chi connectivity index (χ4v) is 6.52. The summed E-state index contributed by atoms with van der Waals surface area (Å²) >= 11 is 0. The van der Waals surface area contributed by atoms with Crippen molar-refractivity contribution in [1.82, 2.24) is 30.2 Å². The van der Waals surface area contributed by atoms with Gasteiger partial charge in [-0.25, -0.2) is 9.97 Å². The Morgan fingerprint density at radius 1 is 0.604 bits per heavy atom. The molecule has 10 nitrogen and oxygen atoms in total. The summed E-state index contributed by atoms with van der Waals surface area (Å²) in [7, 11) is 0. The second-order valence-electron chi connectivity index (χ2n) is 13.2. The molecule has 0 amide bonds. The third kappa shape index (κ3) is 7.58. The first-order chi connectivity index (χ1) is 25.4. The Labute approximate surface area is 309 Å². The van der Waals surface area contributed by atoms with Gasteiger partial charge in [-0.1, -0.05) is 24.2 Å². The van der Waals surface area contributed by atoms with Crippen LogP contribution in [0, 0.1) is 41.5 Å². The molecule has 0 spiro atoms. The second-order valence-corrected chi connectivity index (χ2v) is 13.2. The standard InChI is InChI=1S/C22H23N3O2.C19H17N3O2.C2H6/c1-12(2)26-17-8-6-16(7-9-17)22-18-10-13(3)23-19(18)11-20(24-22)21-14(4)25-27-15(21)5;1-10-8-15-16(20-10)9-17(18-11(2)22-24-12(18)3)21-19(15)13-4-6-14(23)7-5-13;1-2/h6-12,23H,1-5H3;4-9,20,23H,1-3H3;1-2H3. The molecule has 0 fully saturated rings. The van der Waals surface area contributed by atoms with Crippen LogP contribution in [0.1, 0.15) is 62.0 Å². The van der Waals surface area contributed by atoms with Crippen molar-refractivity contribution in [3.8, 4) is 56.5 Å². The zero-order valence-electron chi connectivity index (χ0n) is 32.0. The molecule has 8 aromatic rings. The van der Waals surface area contributed by atoms with Gasteiger partial charge < -0.3 is 28.9 Å². The number of hydrogen-bond donors (Lipinski definition) is 3. The Morgan fingerprint density at radius 2 is 1.02 bits per heavy atom. The average molecular weight is 711 g/mol. The van der Waals surface area contributed by atoms with E-state index in [4.69, 9.17) is 23.8 Å². The zero-order chi connectivity index (χ0) is 38.0. The lowest BCUT2D eigenvalue weighted by molar-refractivity contribution is 0.242. The molecule has 0 bridgehead atoms. The van der Waals surface area contributed by atoms with Crippen LogP contribution in [-0.4, -0.2) is 41.5 Å². The van der Waals surface area contributed by atoms with Crippen LogP contribution in [-0.2, 0) is 0 Å². The van der Waals surface area contributed by atoms with E-state index in [0.717, 1.165) is 107 Å². The van der Waals surface area contributed by atoms with E-state index in [0.29, 0.717) is 0 Å². The summed E-state index contributed by atoms with van der Waals surface area (Å²) in [5, 5.41) is 19.8. The van der Waals surface area contributed by atoms with Gasteiger partial charge in [-0.2, -0.15) is 0 Å². The van der Waals surface area contributed by atoms with Crippen LogP contribution >= 0.6 is 0 Å². The highest BCUT2D eigenvalue weighted by Gasteiger charge is 2.19. The summed E-state index contributed by atoms with van der Waals surface area (Å²) in [6.07, 6.45) is 0.149. The number of hydrogen-bond acceptors (Lipinski definition) is 8. The van der Waals surface area contributed by atoms with E-state index < -0.39 is 0 Å². The van der Waals surface area contributed by atoms with E-state index >= 15 is 0 Å². The first kappa shape index (κ1) is 36.6. The number of aromatic hydroxyl groups is 1. The van der Waals surface area contributed by atoms with Gasteiger partial charge >= 0.3 is 0 Å². The second kappa shape index (κ2) is 15.2. The third-order valence-electron chi connectivity index (χ3n) is 8.72. The highest BCUT2D eigenvalue weighted by atomic mass is 16.5. The van der Waals surface area contributed by atoms with E-state index in [2.05, 4.69) is 57.5 Å². The van der Waals surface area contributed by atoms with Crippen molar-refractivity contribution < 1.29 is 18.9 Å². The van der Waals surface area contributed by atoms with Gasteiger partial charge in [0.1, 0.15) is 23.0 Å². The number of nitrogens with zero attached hydrogens (tertiary/aromatic N) is 4. The molecule has 0 unspecified atom stereocenters. The SMILES string of the molecule is CC.Cc1cc2c(-c3ccc(O)cc3)nc(-c3c(C)noc3C)cc2[nH]1.Cc1cc2c(-c3ccc(OC(C)C)cc3)nc(-c3c(C)noc3C)cc2[nH]1. The van der Waals surface area contributed by atoms with Crippen molar-refractivity contribution in [2.45, 2.75) is 75.3 Å². The summed E-state index contributed by atoms with van der Waals surface area (Å²) in [4.78, 5) is 16.7. The monoisotopic (exact) mass is 710 g/mol. The maximum atomic E-state index is 9.55. The first-order valence-corrected chi connectivity index (χ1v) is 17.9. The van der Waals surface area contributed by atoms with Crippen LogP contribution in [0.2, 0.25) is 0 Å². The lowest BCUT2D eigenvalue weighted by Crippen LogP contribution is -2.05. The Balaban J connectivity index is 0.000000174. The maximum absolute atomic E-state index is 9.55. The normalized spacial score (nSPS) is 11.1. The van der Waals surface area contributed by atoms with Gasteiger partial charge in [-0.15, -0.1) is 0 Å². The minimum absolute atomic E-state index is 0.149. The molecule has 0 aliphatic rings. The number of pyridine rings is 2. The summed E-state index contributed by atoms with van der Waals surface area (Å²) < 4.78 is 16.4. The van der Waals surface area contributed by atoms with E-state index in [-0.39, 0.29) is 11.9 Å². The number of ether oxygens (including phenoxy) is 1. The molecule has 0 saturated carbocycles. The van der Waals surface area contributed by atoms with Crippen molar-refractivity contribution in [3.63, 3.8) is 0 Å². The van der Waals surface area contributed by atoms with Crippen molar-refractivity contribution in [2.75, 3.05) is 0 Å². The van der Waals surface area contributed by atoms with Crippen molar-refractivity contribution in [2.24, 2.45) is 0 Å². The van der Waals surface area contributed by atoms with Gasteiger partial charge in [0.05, 0.1) is 51.4 Å². The number of aryl methyl sites for hydroxylation is 6. The molecule has 6 aromatic heterocycles. The molecule has 53 heavy (non-hydrogen) atoms. The van der Waals surface area contributed by atoms with Crippen LogP contribution < -0.4 is 4.74 Å². The quantitative estimate of drug-likeness (QED) is 0.155. The summed E-state index contributed by atoms with van der Waals surface area (Å²) in [5.41, 5.74) is 13.2. The van der Waals surface area contributed by atoms with E-state index in [1.165, 1.54) is 0 Å².